The summed E-state index contributed by atoms with van der Waals surface area (Å²) in [5.74, 6) is 3.34. The molecule has 126 valence electrons. The summed E-state index contributed by atoms with van der Waals surface area (Å²) in [5.41, 5.74) is 1.03. The fraction of sp³-hybridized carbons (Fsp3) is 0.353. The highest BCUT2D eigenvalue weighted by Gasteiger charge is 2.11. The quantitative estimate of drug-likeness (QED) is 0.608. The van der Waals surface area contributed by atoms with E-state index in [4.69, 9.17) is 9.26 Å². The predicted molar refractivity (Wildman–Crippen MR) is 92.5 cm³/mol. The van der Waals surface area contributed by atoms with Gasteiger partial charge in [-0.05, 0) is 30.2 Å². The molecule has 6 nitrogen and oxygen atoms in total. The maximum absolute atomic E-state index is 5.27. The Morgan fingerprint density at radius 3 is 2.75 bits per heavy atom. The van der Waals surface area contributed by atoms with E-state index in [-0.39, 0.29) is 0 Å². The van der Waals surface area contributed by atoms with Crippen LogP contribution in [0.4, 0.5) is 0 Å². The molecule has 0 saturated heterocycles. The monoisotopic (exact) mass is 344 g/mol. The van der Waals surface area contributed by atoms with Crippen molar-refractivity contribution in [1.82, 2.24) is 19.7 Å². The Hall–Kier alpha value is -2.28. The minimum absolute atomic E-state index is 0.500. The lowest BCUT2D eigenvalue weighted by molar-refractivity contribution is 0.360. The first-order chi connectivity index (χ1) is 11.7. The molecule has 0 amide bonds. The summed E-state index contributed by atoms with van der Waals surface area (Å²) in [6.07, 6.45) is 4.52. The molecule has 0 N–H and O–H groups in total. The Morgan fingerprint density at radius 1 is 1.25 bits per heavy atom. The second kappa shape index (κ2) is 7.53. The second-order valence-electron chi connectivity index (χ2n) is 5.77. The van der Waals surface area contributed by atoms with Gasteiger partial charge in [-0.15, -0.1) is 0 Å². The number of hydrogen-bond donors (Lipinski definition) is 0. The highest BCUT2D eigenvalue weighted by atomic mass is 32.2. The molecule has 1 aromatic carbocycles. The van der Waals surface area contributed by atoms with Gasteiger partial charge >= 0.3 is 0 Å². The Bertz CT molecular complexity index is 780. The van der Waals surface area contributed by atoms with Crippen LogP contribution >= 0.6 is 11.8 Å². The Balaban J connectivity index is 1.68. The van der Waals surface area contributed by atoms with Crippen molar-refractivity contribution in [1.29, 1.82) is 0 Å². The fourth-order valence-corrected chi connectivity index (χ4v) is 3.06. The number of nitrogens with zero attached hydrogens (tertiary/aromatic N) is 4. The van der Waals surface area contributed by atoms with Crippen molar-refractivity contribution in [2.24, 2.45) is 5.92 Å². The third kappa shape index (κ3) is 3.97. The molecule has 0 bridgehead atoms. The number of hydrogen-bond acceptors (Lipinski definition) is 6. The molecule has 7 heteroatoms. The van der Waals surface area contributed by atoms with Gasteiger partial charge in [0.05, 0.1) is 12.9 Å². The maximum Gasteiger partial charge on any atom is 0.226 e. The Morgan fingerprint density at radius 2 is 2.04 bits per heavy atom. The lowest BCUT2D eigenvalue weighted by Gasteiger charge is -2.07. The molecule has 0 spiro atoms. The van der Waals surface area contributed by atoms with Crippen molar-refractivity contribution in [2.45, 2.75) is 31.2 Å². The van der Waals surface area contributed by atoms with Gasteiger partial charge in [-0.25, -0.2) is 4.98 Å². The van der Waals surface area contributed by atoms with E-state index >= 15 is 0 Å². The van der Waals surface area contributed by atoms with Gasteiger partial charge in [0.15, 0.2) is 11.0 Å². The van der Waals surface area contributed by atoms with E-state index in [9.17, 15) is 0 Å². The Labute approximate surface area is 145 Å². The smallest absolute Gasteiger partial charge is 0.226 e. The number of aromatic nitrogens is 4. The van der Waals surface area contributed by atoms with Crippen LogP contribution in [0.3, 0.4) is 0 Å². The van der Waals surface area contributed by atoms with Crippen LogP contribution < -0.4 is 4.74 Å². The van der Waals surface area contributed by atoms with Crippen LogP contribution in [0.1, 0.15) is 25.6 Å². The van der Waals surface area contributed by atoms with Gasteiger partial charge in [-0.2, -0.15) is 4.98 Å². The number of imidazole rings is 1. The van der Waals surface area contributed by atoms with Crippen molar-refractivity contribution in [3.8, 4) is 11.4 Å². The number of methoxy groups -OCH3 is 1. The van der Waals surface area contributed by atoms with Gasteiger partial charge in [0.2, 0.25) is 5.89 Å². The molecule has 0 fully saturated rings. The summed E-state index contributed by atoms with van der Waals surface area (Å²) in [7, 11) is 1.66. The van der Waals surface area contributed by atoms with E-state index in [1.807, 2.05) is 35.0 Å². The molecule has 0 aliphatic carbocycles. The van der Waals surface area contributed by atoms with Gasteiger partial charge in [0.1, 0.15) is 5.75 Å². The van der Waals surface area contributed by atoms with Gasteiger partial charge in [-0.3, -0.25) is 4.57 Å². The van der Waals surface area contributed by atoms with Crippen LogP contribution in [0.5, 0.6) is 5.75 Å². The van der Waals surface area contributed by atoms with E-state index < -0.39 is 0 Å². The van der Waals surface area contributed by atoms with Gasteiger partial charge in [0.25, 0.3) is 0 Å². The molecule has 2 heterocycles. The lowest BCUT2D eigenvalue weighted by atomic mass is 10.1. The third-order valence-electron chi connectivity index (χ3n) is 3.38. The summed E-state index contributed by atoms with van der Waals surface area (Å²) in [6, 6.07) is 7.86. The van der Waals surface area contributed by atoms with Crippen molar-refractivity contribution in [2.75, 3.05) is 7.11 Å². The van der Waals surface area contributed by atoms with Crippen molar-refractivity contribution < 1.29 is 9.26 Å². The molecule has 0 unspecified atom stereocenters. The zero-order chi connectivity index (χ0) is 16.9. The normalized spacial score (nSPS) is 11.2. The van der Waals surface area contributed by atoms with Crippen LogP contribution in [-0.4, -0.2) is 26.8 Å². The first-order valence-corrected chi connectivity index (χ1v) is 8.76. The third-order valence-corrected chi connectivity index (χ3v) is 4.34. The van der Waals surface area contributed by atoms with Crippen molar-refractivity contribution in [3.05, 3.63) is 48.4 Å². The molecule has 2 aromatic heterocycles. The topological polar surface area (TPSA) is 66.0 Å². The van der Waals surface area contributed by atoms with Crippen LogP contribution in [-0.2, 0) is 12.2 Å². The molecule has 0 aliphatic heterocycles. The molecule has 0 aliphatic rings. The van der Waals surface area contributed by atoms with Gasteiger partial charge in [0, 0.05) is 24.5 Å². The maximum atomic E-state index is 5.27. The first kappa shape index (κ1) is 16.6. The summed E-state index contributed by atoms with van der Waals surface area (Å²) >= 11 is 1.58. The van der Waals surface area contributed by atoms with E-state index in [1.165, 1.54) is 0 Å². The highest BCUT2D eigenvalue weighted by Crippen LogP contribution is 2.24. The molecule has 3 aromatic rings. The molecule has 0 atom stereocenters. The molecular weight excluding hydrogens is 324 g/mol. The first-order valence-electron chi connectivity index (χ1n) is 7.77. The summed E-state index contributed by atoms with van der Waals surface area (Å²) in [5, 5.41) is 4.92. The fourth-order valence-electron chi connectivity index (χ4n) is 2.25. The SMILES string of the molecule is COc1ccc(-n2ccnc2SCc2noc(CC(C)C)n2)cc1. The number of thioether (sulfide) groups is 1. The van der Waals surface area contributed by atoms with Crippen molar-refractivity contribution >= 4 is 11.8 Å². The van der Waals surface area contributed by atoms with Crippen LogP contribution in [0.15, 0.2) is 46.3 Å². The molecule has 0 saturated carbocycles. The van der Waals surface area contributed by atoms with Crippen LogP contribution in [0, 0.1) is 5.92 Å². The van der Waals surface area contributed by atoms with E-state index in [0.29, 0.717) is 23.4 Å². The van der Waals surface area contributed by atoms with E-state index in [0.717, 1.165) is 23.0 Å². The lowest BCUT2D eigenvalue weighted by Crippen LogP contribution is -1.96. The predicted octanol–water partition coefficient (Wildman–Crippen LogP) is 3.75. The second-order valence-corrected chi connectivity index (χ2v) is 6.71. The van der Waals surface area contributed by atoms with Gasteiger partial charge < -0.3 is 9.26 Å². The molecular formula is C17H20N4O2S. The van der Waals surface area contributed by atoms with E-state index in [2.05, 4.69) is 29.0 Å². The minimum atomic E-state index is 0.500. The molecule has 24 heavy (non-hydrogen) atoms. The average Bonchev–Trinajstić information content (AvgIpc) is 3.21. The number of ether oxygens (including phenoxy) is 1. The summed E-state index contributed by atoms with van der Waals surface area (Å²) < 4.78 is 12.5. The summed E-state index contributed by atoms with van der Waals surface area (Å²) in [4.78, 5) is 8.84. The highest BCUT2D eigenvalue weighted by molar-refractivity contribution is 7.98. The standard InChI is InChI=1S/C17H20N4O2S/c1-12(2)10-16-19-15(20-23-16)11-24-17-18-8-9-21(17)13-4-6-14(22-3)7-5-13/h4-9,12H,10-11H2,1-3H3. The molecule has 3 rings (SSSR count). The minimum Gasteiger partial charge on any atom is -0.497 e. The van der Waals surface area contributed by atoms with Crippen molar-refractivity contribution in [3.63, 3.8) is 0 Å². The van der Waals surface area contributed by atoms with Gasteiger partial charge in [-0.1, -0.05) is 30.8 Å². The largest absolute Gasteiger partial charge is 0.497 e. The average molecular weight is 344 g/mol. The van der Waals surface area contributed by atoms with Crippen LogP contribution in [0.25, 0.3) is 5.69 Å². The number of benzene rings is 1. The zero-order valence-electron chi connectivity index (χ0n) is 14.0. The molecule has 0 radical (unpaired) electrons. The number of rotatable bonds is 7. The zero-order valence-corrected chi connectivity index (χ0v) is 14.8. The summed E-state index contributed by atoms with van der Waals surface area (Å²) in [6.45, 7) is 4.26. The Kier molecular flexibility index (Phi) is 5.20. The van der Waals surface area contributed by atoms with E-state index in [1.54, 1.807) is 25.1 Å². The van der Waals surface area contributed by atoms with Crippen LogP contribution in [0.2, 0.25) is 0 Å².